The summed E-state index contributed by atoms with van der Waals surface area (Å²) in [4.78, 5) is 59.3. The summed E-state index contributed by atoms with van der Waals surface area (Å²) in [6.45, 7) is 28.1. The van der Waals surface area contributed by atoms with Gasteiger partial charge in [-0.05, 0) is 108 Å². The lowest BCUT2D eigenvalue weighted by Gasteiger charge is -2.38. The van der Waals surface area contributed by atoms with Crippen molar-refractivity contribution in [2.45, 2.75) is 137 Å². The Hall–Kier alpha value is -2.92. The van der Waals surface area contributed by atoms with Crippen LogP contribution < -0.4 is 0 Å². The van der Waals surface area contributed by atoms with Gasteiger partial charge in [-0.2, -0.15) is 0 Å². The largest absolute Gasteiger partial charge is 0.443 e. The Morgan fingerprint density at radius 3 is 1.63 bits per heavy atom. The number of carbonyl (C=O) groups is 4. The van der Waals surface area contributed by atoms with E-state index in [2.05, 4.69) is 58.0 Å². The Bertz CT molecular complexity index is 1510. The number of nitrogens with zero attached hydrogens (tertiary/aromatic N) is 3. The predicted octanol–water partition coefficient (Wildman–Crippen LogP) is 9.31. The summed E-state index contributed by atoms with van der Waals surface area (Å²) in [5.41, 5.74) is 2.05. The minimum absolute atomic E-state index is 0.103. The topological polar surface area (TPSA) is 117 Å². The molecule has 0 atom stereocenters. The van der Waals surface area contributed by atoms with E-state index in [4.69, 9.17) is 14.2 Å². The summed E-state index contributed by atoms with van der Waals surface area (Å²) in [5.74, 6) is 2.32. The number of carbonyl (C=O) groups excluding carboxylic acids is 4. The van der Waals surface area contributed by atoms with Gasteiger partial charge in [-0.25, -0.2) is 23.9 Å². The highest BCUT2D eigenvalue weighted by Crippen LogP contribution is 2.41. The van der Waals surface area contributed by atoms with E-state index < -0.39 is 49.1 Å². The average Bonchev–Trinajstić information content (AvgIpc) is 3.16. The van der Waals surface area contributed by atoms with Gasteiger partial charge in [0.2, 0.25) is 0 Å². The van der Waals surface area contributed by atoms with E-state index in [0.29, 0.717) is 14.0 Å². The van der Waals surface area contributed by atoms with Crippen molar-refractivity contribution in [3.63, 3.8) is 0 Å². The third kappa shape index (κ3) is 9.12. The second kappa shape index (κ2) is 14.1. The molecule has 3 amide bonds. The first-order valence-electron chi connectivity index (χ1n) is 15.5. The molecule has 0 saturated heterocycles. The van der Waals surface area contributed by atoms with Crippen molar-refractivity contribution in [3.05, 3.63) is 27.1 Å². The number of imide groups is 3. The summed E-state index contributed by atoms with van der Waals surface area (Å²) < 4.78 is 18.4. The molecule has 0 N–H and O–H groups in total. The van der Waals surface area contributed by atoms with Crippen LogP contribution in [0.25, 0.3) is 11.0 Å². The Morgan fingerprint density at radius 2 is 1.24 bits per heavy atom. The highest BCUT2D eigenvalue weighted by molar-refractivity contribution is 14.1. The van der Waals surface area contributed by atoms with Gasteiger partial charge in [0.15, 0.2) is 5.65 Å². The molecule has 0 aliphatic heterocycles. The standard InChI is InChI=1S/C34H50IN3O7Si/c1-20(2)46(21(3)4,22(5)6)17-16-23-24-18-26(35)37(29(40)43-32(7,8)9)27(24)36-19-25(23)28(39)38(30(41)44-33(10,11)12)31(42)45-34(13,14)15/h18-22H,1-15H3. The first-order chi connectivity index (χ1) is 20.7. The lowest BCUT2D eigenvalue weighted by molar-refractivity contribution is 0.00390. The summed E-state index contributed by atoms with van der Waals surface area (Å²) in [6, 6.07) is 1.70. The van der Waals surface area contributed by atoms with Crippen molar-refractivity contribution in [3.8, 4) is 11.5 Å². The number of pyridine rings is 1. The van der Waals surface area contributed by atoms with Crippen molar-refractivity contribution < 1.29 is 33.4 Å². The molecule has 2 aromatic rings. The molecule has 0 aliphatic rings. The number of halogens is 1. The van der Waals surface area contributed by atoms with Crippen molar-refractivity contribution in [2.75, 3.05) is 0 Å². The number of rotatable bonds is 4. The number of fused-ring (bicyclic) bond motifs is 1. The van der Waals surface area contributed by atoms with Crippen LogP contribution in [0.3, 0.4) is 0 Å². The third-order valence-electron chi connectivity index (χ3n) is 7.22. The Morgan fingerprint density at radius 1 is 0.804 bits per heavy atom. The van der Waals surface area contributed by atoms with E-state index in [9.17, 15) is 19.2 Å². The number of aromatic nitrogens is 2. The van der Waals surface area contributed by atoms with E-state index >= 15 is 0 Å². The quantitative estimate of drug-likeness (QED) is 0.131. The predicted molar refractivity (Wildman–Crippen MR) is 191 cm³/mol. The lowest BCUT2D eigenvalue weighted by atomic mass is 10.1. The molecule has 2 rings (SSSR count). The molecule has 0 spiro atoms. The molecule has 2 aromatic heterocycles. The van der Waals surface area contributed by atoms with Gasteiger partial charge in [0.05, 0.1) is 9.26 Å². The van der Waals surface area contributed by atoms with E-state index in [0.717, 1.165) is 0 Å². The van der Waals surface area contributed by atoms with Gasteiger partial charge in [-0.15, -0.1) is 10.4 Å². The van der Waals surface area contributed by atoms with Crippen molar-refractivity contribution in [1.82, 2.24) is 14.5 Å². The van der Waals surface area contributed by atoms with Gasteiger partial charge in [0.1, 0.15) is 24.9 Å². The fourth-order valence-corrected chi connectivity index (χ4v) is 11.4. The molecule has 0 bridgehead atoms. The normalized spacial score (nSPS) is 12.7. The Kier molecular flexibility index (Phi) is 12.0. The molecule has 0 aromatic carbocycles. The van der Waals surface area contributed by atoms with E-state index in [1.165, 1.54) is 10.8 Å². The minimum atomic E-state index is -2.34. The summed E-state index contributed by atoms with van der Waals surface area (Å²) >= 11 is 2.01. The first-order valence-corrected chi connectivity index (χ1v) is 18.8. The van der Waals surface area contributed by atoms with Crippen LogP contribution in [-0.4, -0.2) is 63.5 Å². The van der Waals surface area contributed by atoms with E-state index in [-0.39, 0.29) is 33.4 Å². The summed E-state index contributed by atoms with van der Waals surface area (Å²) in [6.07, 6.45) is -1.79. The monoisotopic (exact) mass is 767 g/mol. The Labute approximate surface area is 288 Å². The molecule has 0 saturated carbocycles. The van der Waals surface area contributed by atoms with Crippen molar-refractivity contribution in [1.29, 1.82) is 0 Å². The number of hydrogen-bond donors (Lipinski definition) is 0. The molecule has 10 nitrogen and oxygen atoms in total. The number of ether oxygens (including phenoxy) is 3. The van der Waals surface area contributed by atoms with Crippen molar-refractivity contribution in [2.24, 2.45) is 0 Å². The fourth-order valence-electron chi connectivity index (χ4n) is 5.47. The van der Waals surface area contributed by atoms with Crippen molar-refractivity contribution >= 4 is 65.9 Å². The molecule has 0 radical (unpaired) electrons. The zero-order valence-electron chi connectivity index (χ0n) is 30.0. The maximum atomic E-state index is 14.3. The van der Waals surface area contributed by atoms with Crippen LogP contribution in [-0.2, 0) is 14.2 Å². The van der Waals surface area contributed by atoms with Crippen LogP contribution in [0.2, 0.25) is 16.6 Å². The molecule has 0 unspecified atom stereocenters. The SMILES string of the molecule is CC(C)[Si](C#Cc1c(C(=O)N(C(=O)OC(C)(C)C)C(=O)OC(C)(C)C)cnc2c1cc(I)n2C(=O)OC(C)(C)C)(C(C)C)C(C)C. The smallest absolute Gasteiger partial charge is 0.427 e. The molecular formula is C34H50IN3O7Si. The highest BCUT2D eigenvalue weighted by atomic mass is 127. The van der Waals surface area contributed by atoms with Gasteiger partial charge in [-0.1, -0.05) is 47.5 Å². The molecule has 2 heterocycles. The van der Waals surface area contributed by atoms with Gasteiger partial charge in [0.25, 0.3) is 5.91 Å². The van der Waals surface area contributed by atoms with Gasteiger partial charge < -0.3 is 14.2 Å². The zero-order valence-corrected chi connectivity index (χ0v) is 33.1. The first kappa shape index (κ1) is 39.3. The molecular weight excluding hydrogens is 717 g/mol. The van der Waals surface area contributed by atoms with Crippen LogP contribution in [0, 0.1) is 15.2 Å². The number of amides is 3. The fraction of sp³-hybridized carbons (Fsp3) is 0.618. The van der Waals surface area contributed by atoms with E-state index in [1.807, 2.05) is 22.6 Å². The maximum Gasteiger partial charge on any atom is 0.427 e. The minimum Gasteiger partial charge on any atom is -0.443 e. The van der Waals surface area contributed by atoms with Gasteiger partial charge in [-0.3, -0.25) is 4.79 Å². The van der Waals surface area contributed by atoms with Gasteiger partial charge >= 0.3 is 18.3 Å². The molecule has 254 valence electrons. The molecule has 0 fully saturated rings. The van der Waals surface area contributed by atoms with Crippen LogP contribution in [0.5, 0.6) is 0 Å². The summed E-state index contributed by atoms with van der Waals surface area (Å²) in [5, 5.41) is 0.404. The third-order valence-corrected chi connectivity index (χ3v) is 14.3. The second-order valence-corrected chi connectivity index (χ2v) is 22.0. The van der Waals surface area contributed by atoms with Crippen LogP contribution in [0.4, 0.5) is 14.4 Å². The van der Waals surface area contributed by atoms with Gasteiger partial charge in [0, 0.05) is 17.1 Å². The van der Waals surface area contributed by atoms with Crippen LogP contribution in [0.15, 0.2) is 12.3 Å². The van der Waals surface area contributed by atoms with Crippen LogP contribution >= 0.6 is 22.6 Å². The van der Waals surface area contributed by atoms with Crippen LogP contribution in [0.1, 0.15) is 120 Å². The maximum absolute atomic E-state index is 14.3. The average molecular weight is 768 g/mol. The second-order valence-electron chi connectivity index (χ2n) is 15.3. The molecule has 12 heteroatoms. The Balaban J connectivity index is 3.04. The zero-order chi connectivity index (χ0) is 35.7. The highest BCUT2D eigenvalue weighted by Gasteiger charge is 2.42. The number of hydrogen-bond acceptors (Lipinski definition) is 8. The lowest BCUT2D eigenvalue weighted by Crippen LogP contribution is -2.47. The molecule has 46 heavy (non-hydrogen) atoms. The summed E-state index contributed by atoms with van der Waals surface area (Å²) in [7, 11) is -2.34. The van der Waals surface area contributed by atoms with E-state index in [1.54, 1.807) is 68.4 Å². The molecule has 0 aliphatic carbocycles.